The van der Waals surface area contributed by atoms with Crippen molar-refractivity contribution < 1.29 is 14.3 Å². The number of carbonyl (C=O) groups is 1. The lowest BCUT2D eigenvalue weighted by atomic mass is 11.1. The monoisotopic (exact) mass is 106 g/mol. The van der Waals surface area contributed by atoms with E-state index in [0.29, 0.717) is 0 Å². The SMILES string of the molecule is O=C1OC(S)O1. The molecule has 1 aliphatic heterocycles. The Bertz CT molecular complexity index is 72.9. The maximum Gasteiger partial charge on any atom is 0.515 e. The molecule has 1 fully saturated rings. The minimum atomic E-state index is -0.644. The molecule has 1 aliphatic rings. The van der Waals surface area contributed by atoms with Crippen LogP contribution in [0, 0.1) is 0 Å². The lowest BCUT2D eigenvalue weighted by molar-refractivity contribution is -0.126. The van der Waals surface area contributed by atoms with Gasteiger partial charge in [0, 0.05) is 0 Å². The van der Waals surface area contributed by atoms with Crippen LogP contribution in [0.25, 0.3) is 0 Å². The highest BCUT2D eigenvalue weighted by molar-refractivity contribution is 7.80. The van der Waals surface area contributed by atoms with Crippen LogP contribution in [0.5, 0.6) is 0 Å². The van der Waals surface area contributed by atoms with E-state index in [9.17, 15) is 4.79 Å². The number of thiol groups is 1. The van der Waals surface area contributed by atoms with E-state index in [4.69, 9.17) is 0 Å². The first-order valence-corrected chi connectivity index (χ1v) is 1.86. The average Bonchev–Trinajstić information content (AvgIpc) is 1.33. The molecule has 0 spiro atoms. The van der Waals surface area contributed by atoms with Crippen molar-refractivity contribution in [1.29, 1.82) is 0 Å². The molecule has 0 aromatic rings. The summed E-state index contributed by atoms with van der Waals surface area (Å²) in [6.07, 6.45) is -0.644. The second-order valence-corrected chi connectivity index (χ2v) is 1.21. The van der Waals surface area contributed by atoms with E-state index in [1.807, 2.05) is 0 Å². The van der Waals surface area contributed by atoms with Crippen LogP contribution in [0.2, 0.25) is 0 Å². The summed E-state index contributed by atoms with van der Waals surface area (Å²) >= 11 is 3.58. The van der Waals surface area contributed by atoms with Gasteiger partial charge in [0.2, 0.25) is 0 Å². The zero-order valence-corrected chi connectivity index (χ0v) is 3.64. The molecule has 1 heterocycles. The third kappa shape index (κ3) is 0.428. The molecule has 0 saturated carbocycles. The summed E-state index contributed by atoms with van der Waals surface area (Å²) in [5.41, 5.74) is -0.613. The minimum Gasteiger partial charge on any atom is -0.384 e. The second kappa shape index (κ2) is 1.04. The summed E-state index contributed by atoms with van der Waals surface area (Å²) in [6, 6.07) is 0. The van der Waals surface area contributed by atoms with Gasteiger partial charge in [-0.3, -0.25) is 0 Å². The standard InChI is InChI=1S/C2H2O3S/c3-1-4-2(6)5-1/h2,6H. The third-order valence-electron chi connectivity index (χ3n) is 0.394. The first-order valence-electron chi connectivity index (χ1n) is 1.34. The zero-order valence-electron chi connectivity index (χ0n) is 2.75. The molecular weight excluding hydrogens is 104 g/mol. The second-order valence-electron chi connectivity index (χ2n) is 0.793. The Morgan fingerprint density at radius 1 is 1.67 bits per heavy atom. The summed E-state index contributed by atoms with van der Waals surface area (Å²) < 4.78 is 8.28. The van der Waals surface area contributed by atoms with Gasteiger partial charge in [0.15, 0.2) is 0 Å². The van der Waals surface area contributed by atoms with Crippen LogP contribution in [0.3, 0.4) is 0 Å². The van der Waals surface area contributed by atoms with E-state index in [-0.39, 0.29) is 0 Å². The Balaban J connectivity index is 2.28. The molecule has 0 aliphatic carbocycles. The molecule has 3 nitrogen and oxygen atoms in total. The first kappa shape index (κ1) is 3.80. The number of rotatable bonds is 0. The predicted molar refractivity (Wildman–Crippen MR) is 20.3 cm³/mol. The Kier molecular flexibility index (Phi) is 0.660. The van der Waals surface area contributed by atoms with Crippen molar-refractivity contribution in [2.75, 3.05) is 0 Å². The maximum atomic E-state index is 9.62. The molecule has 6 heavy (non-hydrogen) atoms. The average molecular weight is 106 g/mol. The smallest absolute Gasteiger partial charge is 0.384 e. The summed E-state index contributed by atoms with van der Waals surface area (Å²) in [7, 11) is 0. The molecule has 4 heteroatoms. The Labute approximate surface area is 39.6 Å². The van der Waals surface area contributed by atoms with Gasteiger partial charge in [-0.05, 0) is 0 Å². The van der Waals surface area contributed by atoms with E-state index in [1.54, 1.807) is 0 Å². The fourth-order valence-electron chi connectivity index (χ4n) is 0.173. The number of hydrogen-bond donors (Lipinski definition) is 1. The zero-order chi connectivity index (χ0) is 4.57. The van der Waals surface area contributed by atoms with Gasteiger partial charge >= 0.3 is 11.8 Å². The molecular formula is C2H2O3S. The van der Waals surface area contributed by atoms with Gasteiger partial charge in [-0.2, -0.15) is 0 Å². The molecule has 0 unspecified atom stereocenters. The van der Waals surface area contributed by atoms with Crippen LogP contribution >= 0.6 is 12.6 Å². The predicted octanol–water partition coefficient (Wildman–Crippen LogP) is 0.367. The van der Waals surface area contributed by atoms with Crippen molar-refractivity contribution in [3.63, 3.8) is 0 Å². The van der Waals surface area contributed by atoms with Gasteiger partial charge in [-0.15, -0.1) is 0 Å². The molecule has 0 radical (unpaired) electrons. The van der Waals surface area contributed by atoms with Crippen LogP contribution in [0.1, 0.15) is 0 Å². The largest absolute Gasteiger partial charge is 0.515 e. The summed E-state index contributed by atoms with van der Waals surface area (Å²) in [5.74, 6) is 0. The molecule has 1 rings (SSSR count). The van der Waals surface area contributed by atoms with Gasteiger partial charge in [0.05, 0.1) is 0 Å². The highest BCUT2D eigenvalue weighted by atomic mass is 32.1. The van der Waals surface area contributed by atoms with Crippen LogP contribution in [0.4, 0.5) is 4.79 Å². The van der Waals surface area contributed by atoms with Crippen LogP contribution in [0.15, 0.2) is 0 Å². The van der Waals surface area contributed by atoms with Gasteiger partial charge in [0.25, 0.3) is 0 Å². The van der Waals surface area contributed by atoms with Crippen molar-refractivity contribution in [2.45, 2.75) is 5.62 Å². The molecule has 34 valence electrons. The van der Waals surface area contributed by atoms with Crippen molar-refractivity contribution in [2.24, 2.45) is 0 Å². The van der Waals surface area contributed by atoms with E-state index in [1.165, 1.54) is 0 Å². The van der Waals surface area contributed by atoms with Crippen molar-refractivity contribution >= 4 is 18.8 Å². The van der Waals surface area contributed by atoms with E-state index in [2.05, 4.69) is 22.1 Å². The van der Waals surface area contributed by atoms with Crippen molar-refractivity contribution in [3.05, 3.63) is 0 Å². The fraction of sp³-hybridized carbons (Fsp3) is 0.500. The lowest BCUT2D eigenvalue weighted by Crippen LogP contribution is -2.30. The fourth-order valence-corrected chi connectivity index (χ4v) is 0.346. The Morgan fingerprint density at radius 3 is 2.17 bits per heavy atom. The van der Waals surface area contributed by atoms with Gasteiger partial charge in [-0.1, -0.05) is 12.6 Å². The van der Waals surface area contributed by atoms with E-state index in [0.717, 1.165) is 0 Å². The Morgan fingerprint density at radius 2 is 2.17 bits per heavy atom. The molecule has 0 aromatic heterocycles. The third-order valence-corrected chi connectivity index (χ3v) is 0.605. The molecule has 0 bridgehead atoms. The van der Waals surface area contributed by atoms with Gasteiger partial charge in [0.1, 0.15) is 0 Å². The summed E-state index contributed by atoms with van der Waals surface area (Å²) in [4.78, 5) is 9.62. The van der Waals surface area contributed by atoms with Crippen LogP contribution < -0.4 is 0 Å². The number of hydrogen-bond acceptors (Lipinski definition) is 4. The molecule has 0 atom stereocenters. The van der Waals surface area contributed by atoms with Crippen molar-refractivity contribution in [1.82, 2.24) is 0 Å². The highest BCUT2D eigenvalue weighted by Crippen LogP contribution is 2.12. The van der Waals surface area contributed by atoms with Crippen molar-refractivity contribution in [3.8, 4) is 0 Å². The van der Waals surface area contributed by atoms with Crippen LogP contribution in [-0.4, -0.2) is 11.8 Å². The number of carbonyl (C=O) groups excluding carboxylic acids is 1. The molecule has 0 N–H and O–H groups in total. The maximum absolute atomic E-state index is 9.62. The number of cyclic esters (lactones) is 2. The quantitative estimate of drug-likeness (QED) is 0.358. The topological polar surface area (TPSA) is 35.5 Å². The van der Waals surface area contributed by atoms with Crippen LogP contribution in [-0.2, 0) is 9.47 Å². The lowest BCUT2D eigenvalue weighted by Gasteiger charge is -2.19. The molecule has 1 saturated heterocycles. The Hall–Kier alpha value is -0.380. The summed E-state index contributed by atoms with van der Waals surface area (Å²) in [5, 5.41) is 0. The number of ether oxygens (including phenoxy) is 2. The minimum absolute atomic E-state index is 0.613. The molecule has 0 aromatic carbocycles. The first-order chi connectivity index (χ1) is 2.79. The van der Waals surface area contributed by atoms with Gasteiger partial charge < -0.3 is 9.47 Å². The van der Waals surface area contributed by atoms with E-state index < -0.39 is 11.8 Å². The normalized spacial score (nSPS) is 21.2. The molecule has 0 amide bonds. The van der Waals surface area contributed by atoms with E-state index >= 15 is 0 Å². The van der Waals surface area contributed by atoms with Gasteiger partial charge in [-0.25, -0.2) is 4.79 Å². The highest BCUT2D eigenvalue weighted by Gasteiger charge is 2.25. The summed E-state index contributed by atoms with van der Waals surface area (Å²) in [6.45, 7) is 0.